The lowest BCUT2D eigenvalue weighted by Crippen LogP contribution is -2.12. The van der Waals surface area contributed by atoms with Crippen LogP contribution in [0.5, 0.6) is 11.5 Å². The maximum absolute atomic E-state index is 11.8. The largest absolute Gasteiger partial charge is 0.497 e. The van der Waals surface area contributed by atoms with E-state index in [-0.39, 0.29) is 5.78 Å². The minimum absolute atomic E-state index is 0.375. The minimum Gasteiger partial charge on any atom is -0.497 e. The van der Waals surface area contributed by atoms with Gasteiger partial charge in [-0.25, -0.2) is 0 Å². The molecule has 16 heavy (non-hydrogen) atoms. The number of rotatable bonds is 4. The van der Waals surface area contributed by atoms with Crippen molar-refractivity contribution in [1.29, 1.82) is 0 Å². The van der Waals surface area contributed by atoms with Crippen LogP contribution < -0.4 is 9.47 Å². The second-order valence-electron chi connectivity index (χ2n) is 3.19. The predicted octanol–water partition coefficient (Wildman–Crippen LogP) is 3.00. The number of alkyl halides is 2. The van der Waals surface area contributed by atoms with Gasteiger partial charge in [0.25, 0.3) is 0 Å². The summed E-state index contributed by atoms with van der Waals surface area (Å²) in [6.07, 6.45) is 0. The Balaban J connectivity index is 3.32. The summed E-state index contributed by atoms with van der Waals surface area (Å²) in [6.45, 7) is 1.77. The van der Waals surface area contributed by atoms with Gasteiger partial charge in [0.15, 0.2) is 10.6 Å². The normalized spacial score (nSPS) is 10.4. The van der Waals surface area contributed by atoms with Crippen LogP contribution in [0.3, 0.4) is 0 Å². The summed E-state index contributed by atoms with van der Waals surface area (Å²) in [5, 5.41) is 0. The van der Waals surface area contributed by atoms with Crippen LogP contribution in [0, 0.1) is 6.92 Å². The second-order valence-corrected chi connectivity index (χ2v) is 4.28. The summed E-state index contributed by atoms with van der Waals surface area (Å²) in [7, 11) is 3.02. The van der Waals surface area contributed by atoms with Gasteiger partial charge in [0, 0.05) is 6.07 Å². The van der Waals surface area contributed by atoms with Gasteiger partial charge in [-0.15, -0.1) is 0 Å². The Kier molecular flexibility index (Phi) is 4.44. The molecule has 5 heteroatoms. The highest BCUT2D eigenvalue weighted by Gasteiger charge is 2.21. The third-order valence-corrected chi connectivity index (χ3v) is 2.57. The molecule has 0 heterocycles. The number of carbonyl (C=O) groups excluding carboxylic acids is 1. The lowest BCUT2D eigenvalue weighted by Gasteiger charge is -2.13. The minimum atomic E-state index is -1.10. The maximum atomic E-state index is 11.8. The summed E-state index contributed by atoms with van der Waals surface area (Å²) >= 11 is 11.1. The molecule has 1 aromatic rings. The number of ketones is 1. The van der Waals surface area contributed by atoms with E-state index in [1.165, 1.54) is 7.11 Å². The molecule has 0 amide bonds. The average molecular weight is 263 g/mol. The Morgan fingerprint density at radius 1 is 1.25 bits per heavy atom. The van der Waals surface area contributed by atoms with Crippen molar-refractivity contribution in [1.82, 2.24) is 0 Å². The Morgan fingerprint density at radius 2 is 1.88 bits per heavy atom. The van der Waals surface area contributed by atoms with Crippen molar-refractivity contribution in [2.24, 2.45) is 0 Å². The number of halogens is 2. The van der Waals surface area contributed by atoms with E-state index in [0.717, 1.165) is 0 Å². The summed E-state index contributed by atoms with van der Waals surface area (Å²) < 4.78 is 10.2. The topological polar surface area (TPSA) is 35.5 Å². The van der Waals surface area contributed by atoms with Crippen molar-refractivity contribution in [2.45, 2.75) is 11.8 Å². The van der Waals surface area contributed by atoms with E-state index in [4.69, 9.17) is 32.7 Å². The van der Waals surface area contributed by atoms with E-state index >= 15 is 0 Å². The molecule has 1 rings (SSSR count). The first-order valence-electron chi connectivity index (χ1n) is 4.56. The number of Topliss-reactive ketones (excluding diaryl/α,β-unsaturated/α-hetero) is 1. The van der Waals surface area contributed by atoms with Crippen molar-refractivity contribution in [3.63, 3.8) is 0 Å². The number of carbonyl (C=O) groups is 1. The standard InChI is InChI=1S/C11H12Cl2O3/c1-6-4-7(15-2)5-8(16-3)9(6)10(14)11(12)13/h4-5,11H,1-3H3. The summed E-state index contributed by atoms with van der Waals surface area (Å²) in [5.74, 6) is 0.653. The van der Waals surface area contributed by atoms with Crippen LogP contribution in [-0.2, 0) is 0 Å². The molecule has 0 aromatic heterocycles. The molecule has 0 unspecified atom stereocenters. The van der Waals surface area contributed by atoms with Crippen LogP contribution in [0.15, 0.2) is 12.1 Å². The molecule has 88 valence electrons. The fourth-order valence-electron chi connectivity index (χ4n) is 1.43. The zero-order valence-corrected chi connectivity index (χ0v) is 10.7. The third kappa shape index (κ3) is 2.60. The van der Waals surface area contributed by atoms with Crippen LogP contribution in [0.25, 0.3) is 0 Å². The first-order chi connectivity index (χ1) is 7.51. The maximum Gasteiger partial charge on any atom is 0.199 e. The number of hydrogen-bond acceptors (Lipinski definition) is 3. The summed E-state index contributed by atoms with van der Waals surface area (Å²) in [6, 6.07) is 3.35. The first kappa shape index (κ1) is 13.1. The third-order valence-electron chi connectivity index (χ3n) is 2.17. The van der Waals surface area contributed by atoms with E-state index in [1.807, 2.05) is 0 Å². The smallest absolute Gasteiger partial charge is 0.199 e. The van der Waals surface area contributed by atoms with Crippen LogP contribution in [0.2, 0.25) is 0 Å². The zero-order chi connectivity index (χ0) is 12.3. The van der Waals surface area contributed by atoms with Crippen LogP contribution >= 0.6 is 23.2 Å². The first-order valence-corrected chi connectivity index (χ1v) is 5.43. The van der Waals surface area contributed by atoms with Crippen molar-refractivity contribution in [2.75, 3.05) is 14.2 Å². The molecule has 0 atom stereocenters. The van der Waals surface area contributed by atoms with Gasteiger partial charge in [0.1, 0.15) is 11.5 Å². The predicted molar refractivity (Wildman–Crippen MR) is 64.1 cm³/mol. The van der Waals surface area contributed by atoms with Gasteiger partial charge < -0.3 is 9.47 Å². The molecule has 0 spiro atoms. The molecule has 0 bridgehead atoms. The van der Waals surface area contributed by atoms with Gasteiger partial charge in [-0.3, -0.25) is 4.79 Å². The Morgan fingerprint density at radius 3 is 2.31 bits per heavy atom. The van der Waals surface area contributed by atoms with Crippen molar-refractivity contribution < 1.29 is 14.3 Å². The monoisotopic (exact) mass is 262 g/mol. The van der Waals surface area contributed by atoms with Gasteiger partial charge >= 0.3 is 0 Å². The number of methoxy groups -OCH3 is 2. The molecule has 1 aromatic carbocycles. The Labute approximate surface area is 104 Å². The summed E-state index contributed by atoms with van der Waals surface area (Å²) in [5.41, 5.74) is 1.10. The van der Waals surface area contributed by atoms with E-state index < -0.39 is 4.84 Å². The molecule has 0 radical (unpaired) electrons. The number of ether oxygens (including phenoxy) is 2. The molecule has 0 aliphatic heterocycles. The van der Waals surface area contributed by atoms with Crippen molar-refractivity contribution >= 4 is 29.0 Å². The fourth-order valence-corrected chi connectivity index (χ4v) is 1.64. The number of hydrogen-bond donors (Lipinski definition) is 0. The molecule has 0 saturated carbocycles. The molecule has 0 aliphatic rings. The fraction of sp³-hybridized carbons (Fsp3) is 0.364. The number of aryl methyl sites for hydroxylation is 1. The van der Waals surface area contributed by atoms with Crippen LogP contribution in [0.4, 0.5) is 0 Å². The van der Waals surface area contributed by atoms with E-state index in [9.17, 15) is 4.79 Å². The van der Waals surface area contributed by atoms with Crippen LogP contribution in [0.1, 0.15) is 15.9 Å². The van der Waals surface area contributed by atoms with E-state index in [2.05, 4.69) is 0 Å². The highest BCUT2D eigenvalue weighted by atomic mass is 35.5. The van der Waals surface area contributed by atoms with Gasteiger partial charge in [0.05, 0.1) is 19.8 Å². The zero-order valence-electron chi connectivity index (χ0n) is 9.21. The Hall–Kier alpha value is -0.930. The highest BCUT2D eigenvalue weighted by Crippen LogP contribution is 2.30. The van der Waals surface area contributed by atoms with Gasteiger partial charge in [0.2, 0.25) is 0 Å². The molecule has 0 aliphatic carbocycles. The molecular formula is C11H12Cl2O3. The van der Waals surface area contributed by atoms with E-state index in [0.29, 0.717) is 22.6 Å². The Bertz CT molecular complexity index is 402. The quantitative estimate of drug-likeness (QED) is 0.618. The SMILES string of the molecule is COc1cc(C)c(C(=O)C(Cl)Cl)c(OC)c1. The molecule has 0 N–H and O–H groups in total. The van der Waals surface area contributed by atoms with Crippen molar-refractivity contribution in [3.05, 3.63) is 23.3 Å². The van der Waals surface area contributed by atoms with Crippen molar-refractivity contribution in [3.8, 4) is 11.5 Å². The second kappa shape index (κ2) is 5.41. The average Bonchev–Trinajstić information content (AvgIpc) is 2.26. The van der Waals surface area contributed by atoms with Gasteiger partial charge in [-0.05, 0) is 18.6 Å². The summed E-state index contributed by atoms with van der Waals surface area (Å²) in [4.78, 5) is 10.7. The highest BCUT2D eigenvalue weighted by molar-refractivity contribution is 6.55. The van der Waals surface area contributed by atoms with Gasteiger partial charge in [-0.1, -0.05) is 23.2 Å². The van der Waals surface area contributed by atoms with Gasteiger partial charge in [-0.2, -0.15) is 0 Å². The molecule has 0 fully saturated rings. The number of benzene rings is 1. The lowest BCUT2D eigenvalue weighted by molar-refractivity contribution is 0.100. The van der Waals surface area contributed by atoms with Crippen LogP contribution in [-0.4, -0.2) is 24.8 Å². The lowest BCUT2D eigenvalue weighted by atomic mass is 10.0. The van der Waals surface area contributed by atoms with E-state index in [1.54, 1.807) is 26.2 Å². The molecule has 0 saturated heterocycles. The molecule has 3 nitrogen and oxygen atoms in total. The molecular weight excluding hydrogens is 251 g/mol.